The number of hydrogen-bond donors (Lipinski definition) is 0. The number of halogens is 1. The van der Waals surface area contributed by atoms with Crippen molar-refractivity contribution in [3.05, 3.63) is 33.4 Å². The molecule has 0 radical (unpaired) electrons. The van der Waals surface area contributed by atoms with Crippen molar-refractivity contribution >= 4 is 23.3 Å². The molecule has 0 aromatic heterocycles. The maximum atomic E-state index is 11.2. The molecule has 0 heterocycles. The second kappa shape index (κ2) is 6.20. The van der Waals surface area contributed by atoms with E-state index in [0.717, 1.165) is 0 Å². The van der Waals surface area contributed by atoms with E-state index in [-0.39, 0.29) is 23.7 Å². The van der Waals surface area contributed by atoms with Gasteiger partial charge in [-0.25, -0.2) is 0 Å². The summed E-state index contributed by atoms with van der Waals surface area (Å²) >= 11 is 5.67. The largest absolute Gasteiger partial charge is 0.490 e. The Bertz CT molecular complexity index is 449. The van der Waals surface area contributed by atoms with Gasteiger partial charge in [-0.05, 0) is 17.7 Å². The van der Waals surface area contributed by atoms with Crippen molar-refractivity contribution in [3.8, 4) is 5.75 Å². The quantitative estimate of drug-likeness (QED) is 0.355. The Balaban J connectivity index is 3.26. The molecule has 1 aromatic rings. The molecule has 0 N–H and O–H groups in total. The van der Waals surface area contributed by atoms with E-state index in [1.54, 1.807) is 0 Å². The van der Waals surface area contributed by atoms with E-state index in [4.69, 9.17) is 16.3 Å². The number of esters is 1. The van der Waals surface area contributed by atoms with E-state index in [2.05, 4.69) is 4.74 Å². The van der Waals surface area contributed by atoms with Gasteiger partial charge in [-0.1, -0.05) is 0 Å². The van der Waals surface area contributed by atoms with Crippen molar-refractivity contribution in [2.24, 2.45) is 0 Å². The monoisotopic (exact) mass is 273 g/mol. The molecule has 0 amide bonds. The molecule has 0 aliphatic heterocycles. The second-order valence-electron chi connectivity index (χ2n) is 3.45. The molecule has 98 valence electrons. The fourth-order valence-corrected chi connectivity index (χ4v) is 1.74. The van der Waals surface area contributed by atoms with Gasteiger partial charge >= 0.3 is 11.7 Å². The lowest BCUT2D eigenvalue weighted by Crippen LogP contribution is -2.06. The molecule has 1 rings (SSSR count). The fraction of sp³-hybridized carbons (Fsp3) is 0.364. The molecule has 7 heteroatoms. The highest BCUT2D eigenvalue weighted by molar-refractivity contribution is 6.17. The highest BCUT2D eigenvalue weighted by atomic mass is 35.5. The van der Waals surface area contributed by atoms with Crippen LogP contribution in [0, 0.1) is 10.1 Å². The van der Waals surface area contributed by atoms with Crippen molar-refractivity contribution in [1.82, 2.24) is 0 Å². The Morgan fingerprint density at radius 1 is 1.44 bits per heavy atom. The molecule has 1 aromatic carbocycles. The van der Waals surface area contributed by atoms with Crippen LogP contribution in [0.15, 0.2) is 12.1 Å². The summed E-state index contributed by atoms with van der Waals surface area (Å²) in [5, 5.41) is 10.9. The number of carbonyl (C=O) groups excluding carboxylic acids is 1. The molecule has 18 heavy (non-hydrogen) atoms. The van der Waals surface area contributed by atoms with Crippen LogP contribution in [0.25, 0.3) is 0 Å². The highest BCUT2D eigenvalue weighted by Gasteiger charge is 2.22. The lowest BCUT2D eigenvalue weighted by molar-refractivity contribution is -0.386. The van der Waals surface area contributed by atoms with Gasteiger partial charge in [-0.15, -0.1) is 11.6 Å². The third-order valence-corrected chi connectivity index (χ3v) is 2.62. The number of alkyl halides is 1. The third-order valence-electron chi connectivity index (χ3n) is 2.34. The molecule has 0 aliphatic carbocycles. The van der Waals surface area contributed by atoms with Gasteiger partial charge in [-0.2, -0.15) is 0 Å². The van der Waals surface area contributed by atoms with Gasteiger partial charge in [0.15, 0.2) is 5.75 Å². The number of hydrogen-bond acceptors (Lipinski definition) is 5. The molecule has 0 fully saturated rings. The van der Waals surface area contributed by atoms with Crippen LogP contribution in [-0.4, -0.2) is 25.1 Å². The topological polar surface area (TPSA) is 78.7 Å². The maximum absolute atomic E-state index is 11.2. The van der Waals surface area contributed by atoms with Gasteiger partial charge in [0.1, 0.15) is 0 Å². The molecule has 0 saturated carbocycles. The number of carbonyl (C=O) groups is 1. The Morgan fingerprint density at radius 3 is 2.56 bits per heavy atom. The van der Waals surface area contributed by atoms with Crippen LogP contribution in [-0.2, 0) is 21.8 Å². The number of nitro groups is 1. The number of rotatable bonds is 5. The Labute approximate surface area is 109 Å². The fourth-order valence-electron chi connectivity index (χ4n) is 1.53. The average molecular weight is 274 g/mol. The standard InChI is InChI=1S/C11H12ClNO5/c1-17-9-4-7(5-10(14)18-2)3-8(6-12)11(9)13(15)16/h3-4H,5-6H2,1-2H3. The lowest BCUT2D eigenvalue weighted by atomic mass is 10.1. The first-order valence-corrected chi connectivity index (χ1v) is 5.53. The first kappa shape index (κ1) is 14.2. The van der Waals surface area contributed by atoms with Gasteiger partial charge in [0, 0.05) is 5.56 Å². The zero-order chi connectivity index (χ0) is 13.7. The Hall–Kier alpha value is -1.82. The van der Waals surface area contributed by atoms with E-state index in [1.807, 2.05) is 0 Å². The van der Waals surface area contributed by atoms with Gasteiger partial charge in [-0.3, -0.25) is 14.9 Å². The van der Waals surface area contributed by atoms with Crippen molar-refractivity contribution in [2.45, 2.75) is 12.3 Å². The van der Waals surface area contributed by atoms with Crippen LogP contribution in [0.3, 0.4) is 0 Å². The minimum atomic E-state index is -0.557. The van der Waals surface area contributed by atoms with Crippen LogP contribution < -0.4 is 4.74 Å². The minimum absolute atomic E-state index is 0.00867. The lowest BCUT2D eigenvalue weighted by Gasteiger charge is -2.08. The van der Waals surface area contributed by atoms with Crippen LogP contribution in [0.2, 0.25) is 0 Å². The molecule has 6 nitrogen and oxygen atoms in total. The summed E-state index contributed by atoms with van der Waals surface area (Å²) in [4.78, 5) is 21.5. The summed E-state index contributed by atoms with van der Waals surface area (Å²) in [5.74, 6) is -0.398. The van der Waals surface area contributed by atoms with Crippen LogP contribution in [0.1, 0.15) is 11.1 Å². The predicted octanol–water partition coefficient (Wildman–Crippen LogP) is 2.06. The van der Waals surface area contributed by atoms with E-state index in [0.29, 0.717) is 11.1 Å². The minimum Gasteiger partial charge on any atom is -0.490 e. The SMILES string of the molecule is COC(=O)Cc1cc(CCl)c([N+](=O)[O-])c(OC)c1. The molecular formula is C11H12ClNO5. The van der Waals surface area contributed by atoms with E-state index in [9.17, 15) is 14.9 Å². The second-order valence-corrected chi connectivity index (χ2v) is 3.72. The number of nitro benzene ring substituents is 1. The number of nitrogens with zero attached hydrogens (tertiary/aromatic N) is 1. The molecule has 0 aliphatic rings. The molecule has 0 saturated heterocycles. The first-order valence-electron chi connectivity index (χ1n) is 5.00. The van der Waals surface area contributed by atoms with Crippen LogP contribution in [0.4, 0.5) is 5.69 Å². The Morgan fingerprint density at radius 2 is 2.11 bits per heavy atom. The molecule has 0 atom stereocenters. The first-order chi connectivity index (χ1) is 8.53. The average Bonchev–Trinajstić information content (AvgIpc) is 2.36. The number of benzene rings is 1. The van der Waals surface area contributed by atoms with Gasteiger partial charge in [0.2, 0.25) is 0 Å². The van der Waals surface area contributed by atoms with Crippen LogP contribution >= 0.6 is 11.6 Å². The molecule has 0 spiro atoms. The smallest absolute Gasteiger partial charge is 0.315 e. The summed E-state index contributed by atoms with van der Waals surface area (Å²) in [6.45, 7) is 0. The zero-order valence-corrected chi connectivity index (χ0v) is 10.7. The highest BCUT2D eigenvalue weighted by Crippen LogP contribution is 2.33. The normalized spacial score (nSPS) is 9.94. The zero-order valence-electron chi connectivity index (χ0n) is 9.94. The number of methoxy groups -OCH3 is 2. The van der Waals surface area contributed by atoms with Crippen LogP contribution in [0.5, 0.6) is 5.75 Å². The van der Waals surface area contributed by atoms with E-state index < -0.39 is 10.9 Å². The van der Waals surface area contributed by atoms with Crippen molar-refractivity contribution in [1.29, 1.82) is 0 Å². The summed E-state index contributed by atoms with van der Waals surface area (Å²) in [7, 11) is 2.59. The summed E-state index contributed by atoms with van der Waals surface area (Å²) in [6.07, 6.45) is 0.00867. The van der Waals surface area contributed by atoms with Crippen molar-refractivity contribution < 1.29 is 19.2 Å². The molecule has 0 bridgehead atoms. The molecular weight excluding hydrogens is 262 g/mol. The maximum Gasteiger partial charge on any atom is 0.315 e. The molecule has 0 unspecified atom stereocenters. The summed E-state index contributed by atoms with van der Waals surface area (Å²) in [5.41, 5.74) is 0.681. The van der Waals surface area contributed by atoms with Crippen molar-refractivity contribution in [3.63, 3.8) is 0 Å². The van der Waals surface area contributed by atoms with Gasteiger partial charge in [0.25, 0.3) is 0 Å². The van der Waals surface area contributed by atoms with E-state index >= 15 is 0 Å². The number of ether oxygens (including phenoxy) is 2. The summed E-state index contributed by atoms with van der Waals surface area (Å²) in [6, 6.07) is 2.94. The third kappa shape index (κ3) is 3.10. The summed E-state index contributed by atoms with van der Waals surface area (Å²) < 4.78 is 9.48. The van der Waals surface area contributed by atoms with Gasteiger partial charge < -0.3 is 9.47 Å². The van der Waals surface area contributed by atoms with E-state index in [1.165, 1.54) is 26.4 Å². The van der Waals surface area contributed by atoms with Gasteiger partial charge in [0.05, 0.1) is 31.4 Å². The Kier molecular flexibility index (Phi) is 4.91. The predicted molar refractivity (Wildman–Crippen MR) is 64.9 cm³/mol. The van der Waals surface area contributed by atoms with Crippen molar-refractivity contribution in [2.75, 3.05) is 14.2 Å².